The van der Waals surface area contributed by atoms with Crippen molar-refractivity contribution in [2.75, 3.05) is 17.7 Å². The first-order chi connectivity index (χ1) is 9.10. The van der Waals surface area contributed by atoms with Crippen LogP contribution >= 0.6 is 11.6 Å². The van der Waals surface area contributed by atoms with Gasteiger partial charge in [-0.25, -0.2) is 9.97 Å². The minimum Gasteiger partial charge on any atom is -0.373 e. The van der Waals surface area contributed by atoms with Crippen LogP contribution in [0.2, 0.25) is 5.02 Å². The van der Waals surface area contributed by atoms with Gasteiger partial charge in [-0.2, -0.15) is 0 Å². The molecule has 19 heavy (non-hydrogen) atoms. The summed E-state index contributed by atoms with van der Waals surface area (Å²) in [5.41, 5.74) is 1.18. The Bertz CT molecular complexity index is 598. The van der Waals surface area contributed by atoms with Crippen LogP contribution in [0.15, 0.2) is 30.5 Å². The lowest BCUT2D eigenvalue weighted by molar-refractivity contribution is 0.102. The number of amides is 1. The van der Waals surface area contributed by atoms with Crippen molar-refractivity contribution in [2.24, 2.45) is 0 Å². The maximum Gasteiger partial charge on any atom is 0.277 e. The highest BCUT2D eigenvalue weighted by molar-refractivity contribution is 6.34. The van der Waals surface area contributed by atoms with Crippen LogP contribution in [-0.2, 0) is 0 Å². The van der Waals surface area contributed by atoms with Crippen LogP contribution in [0.1, 0.15) is 16.1 Å². The molecule has 98 valence electrons. The summed E-state index contributed by atoms with van der Waals surface area (Å²) in [4.78, 5) is 20.3. The lowest BCUT2D eigenvalue weighted by Crippen LogP contribution is -2.15. The van der Waals surface area contributed by atoms with Gasteiger partial charge in [0, 0.05) is 13.2 Å². The predicted molar refractivity (Wildman–Crippen MR) is 75.7 cm³/mol. The quantitative estimate of drug-likeness (QED) is 0.905. The van der Waals surface area contributed by atoms with E-state index in [4.69, 9.17) is 11.6 Å². The van der Waals surface area contributed by atoms with Crippen LogP contribution in [0.25, 0.3) is 0 Å². The molecule has 2 aromatic heterocycles. The third kappa shape index (κ3) is 3.20. The zero-order valence-electron chi connectivity index (χ0n) is 10.6. The Morgan fingerprint density at radius 2 is 1.95 bits per heavy atom. The molecule has 0 aliphatic rings. The number of hydrogen-bond acceptors (Lipinski definition) is 4. The second-order valence-corrected chi connectivity index (χ2v) is 4.36. The molecule has 5 nitrogen and oxygen atoms in total. The smallest absolute Gasteiger partial charge is 0.277 e. The molecule has 2 N–H and O–H groups in total. The average molecular weight is 277 g/mol. The molecule has 0 saturated carbocycles. The highest BCUT2D eigenvalue weighted by Gasteiger charge is 2.13. The van der Waals surface area contributed by atoms with Crippen molar-refractivity contribution < 1.29 is 4.79 Å². The van der Waals surface area contributed by atoms with Gasteiger partial charge in [-0.15, -0.1) is 0 Å². The summed E-state index contributed by atoms with van der Waals surface area (Å²) in [6.45, 7) is 1.92. The van der Waals surface area contributed by atoms with E-state index in [0.29, 0.717) is 16.7 Å². The molecule has 2 heterocycles. The highest BCUT2D eigenvalue weighted by atomic mass is 35.5. The number of anilines is 2. The van der Waals surface area contributed by atoms with Gasteiger partial charge in [-0.1, -0.05) is 17.7 Å². The maximum absolute atomic E-state index is 12.1. The molecule has 0 aliphatic carbocycles. The fraction of sp³-hybridized carbons (Fsp3) is 0.154. The normalized spacial score (nSPS) is 10.1. The van der Waals surface area contributed by atoms with E-state index < -0.39 is 5.91 Å². The lowest BCUT2D eigenvalue weighted by atomic mass is 10.3. The van der Waals surface area contributed by atoms with Crippen molar-refractivity contribution in [1.82, 2.24) is 9.97 Å². The molecule has 0 fully saturated rings. The molecule has 0 saturated heterocycles. The summed E-state index contributed by atoms with van der Waals surface area (Å²) >= 11 is 5.97. The molecule has 0 aromatic carbocycles. The van der Waals surface area contributed by atoms with Crippen molar-refractivity contribution in [3.05, 3.63) is 46.7 Å². The second-order valence-electron chi connectivity index (χ2n) is 3.95. The number of carbonyl (C=O) groups excluding carboxylic acids is 1. The summed E-state index contributed by atoms with van der Waals surface area (Å²) in [6.07, 6.45) is 1.68. The minimum atomic E-state index is -0.390. The standard InChI is InChI=1S/C13H13ClN4O/c1-8-3-5-11(16-7-8)18-13(19)12-9(14)4-6-10(15-2)17-12/h3-7H,1-2H3,(H,15,17)(H,16,18,19). The Morgan fingerprint density at radius 1 is 1.21 bits per heavy atom. The molecular formula is C13H13ClN4O. The van der Waals surface area contributed by atoms with Crippen molar-refractivity contribution in [2.45, 2.75) is 6.92 Å². The molecule has 6 heteroatoms. The molecule has 0 atom stereocenters. The zero-order valence-corrected chi connectivity index (χ0v) is 11.3. The molecule has 2 rings (SSSR count). The number of hydrogen-bond donors (Lipinski definition) is 2. The van der Waals surface area contributed by atoms with Gasteiger partial charge >= 0.3 is 0 Å². The average Bonchev–Trinajstić information content (AvgIpc) is 2.42. The second kappa shape index (κ2) is 5.67. The van der Waals surface area contributed by atoms with E-state index in [2.05, 4.69) is 20.6 Å². The number of aromatic nitrogens is 2. The maximum atomic E-state index is 12.1. The highest BCUT2D eigenvalue weighted by Crippen LogP contribution is 2.17. The lowest BCUT2D eigenvalue weighted by Gasteiger charge is -2.07. The topological polar surface area (TPSA) is 66.9 Å². The SMILES string of the molecule is CNc1ccc(Cl)c(C(=O)Nc2ccc(C)cn2)n1. The van der Waals surface area contributed by atoms with E-state index in [9.17, 15) is 4.79 Å². The van der Waals surface area contributed by atoms with Gasteiger partial charge in [-0.05, 0) is 30.7 Å². The van der Waals surface area contributed by atoms with E-state index in [1.165, 1.54) is 0 Å². The van der Waals surface area contributed by atoms with Gasteiger partial charge < -0.3 is 10.6 Å². The molecule has 0 radical (unpaired) electrons. The van der Waals surface area contributed by atoms with Crippen molar-refractivity contribution in [3.63, 3.8) is 0 Å². The summed E-state index contributed by atoms with van der Waals surface area (Å²) in [7, 11) is 1.72. The predicted octanol–water partition coefficient (Wildman–Crippen LogP) is 2.73. The fourth-order valence-electron chi connectivity index (χ4n) is 1.46. The van der Waals surface area contributed by atoms with Gasteiger partial charge in [0.2, 0.25) is 0 Å². The zero-order chi connectivity index (χ0) is 13.8. The fourth-order valence-corrected chi connectivity index (χ4v) is 1.65. The van der Waals surface area contributed by atoms with Crippen molar-refractivity contribution >= 4 is 29.1 Å². The third-order valence-electron chi connectivity index (χ3n) is 2.47. The third-order valence-corrected chi connectivity index (χ3v) is 2.78. The molecular weight excluding hydrogens is 264 g/mol. The summed E-state index contributed by atoms with van der Waals surface area (Å²) in [5.74, 6) is 0.646. The van der Waals surface area contributed by atoms with E-state index in [1.807, 2.05) is 13.0 Å². The molecule has 1 amide bonds. The Balaban J connectivity index is 2.22. The molecule has 0 aliphatic heterocycles. The molecule has 0 spiro atoms. The number of halogens is 1. The largest absolute Gasteiger partial charge is 0.373 e. The summed E-state index contributed by atoms with van der Waals surface area (Å²) in [5, 5.41) is 5.80. The first-order valence-corrected chi connectivity index (χ1v) is 6.06. The minimum absolute atomic E-state index is 0.163. The first-order valence-electron chi connectivity index (χ1n) is 5.68. The molecule has 0 bridgehead atoms. The van der Waals surface area contributed by atoms with Gasteiger partial charge in [0.1, 0.15) is 17.3 Å². The van der Waals surface area contributed by atoms with E-state index >= 15 is 0 Å². The monoisotopic (exact) mass is 276 g/mol. The van der Waals surface area contributed by atoms with Crippen LogP contribution in [-0.4, -0.2) is 22.9 Å². The van der Waals surface area contributed by atoms with Gasteiger partial charge in [0.15, 0.2) is 0 Å². The first kappa shape index (κ1) is 13.3. The van der Waals surface area contributed by atoms with Crippen LogP contribution in [0.3, 0.4) is 0 Å². The summed E-state index contributed by atoms with van der Waals surface area (Å²) < 4.78 is 0. The van der Waals surface area contributed by atoms with E-state index in [1.54, 1.807) is 31.4 Å². The number of nitrogens with zero attached hydrogens (tertiary/aromatic N) is 2. The van der Waals surface area contributed by atoms with E-state index in [0.717, 1.165) is 5.56 Å². The van der Waals surface area contributed by atoms with Crippen LogP contribution < -0.4 is 10.6 Å². The Kier molecular flexibility index (Phi) is 3.97. The van der Waals surface area contributed by atoms with Crippen LogP contribution in [0, 0.1) is 6.92 Å². The van der Waals surface area contributed by atoms with Crippen molar-refractivity contribution in [1.29, 1.82) is 0 Å². The number of carbonyl (C=O) groups is 1. The van der Waals surface area contributed by atoms with Gasteiger partial charge in [0.25, 0.3) is 5.91 Å². The molecule has 2 aromatic rings. The summed E-state index contributed by atoms with van der Waals surface area (Å²) in [6, 6.07) is 6.91. The molecule has 0 unspecified atom stereocenters. The Labute approximate surface area is 116 Å². The number of aryl methyl sites for hydroxylation is 1. The number of nitrogens with one attached hydrogen (secondary N) is 2. The van der Waals surface area contributed by atoms with Crippen LogP contribution in [0.4, 0.5) is 11.6 Å². The number of pyridine rings is 2. The van der Waals surface area contributed by atoms with Crippen LogP contribution in [0.5, 0.6) is 0 Å². The van der Waals surface area contributed by atoms with E-state index in [-0.39, 0.29) is 5.69 Å². The van der Waals surface area contributed by atoms with Gasteiger partial charge in [-0.3, -0.25) is 4.79 Å². The van der Waals surface area contributed by atoms with Crippen molar-refractivity contribution in [3.8, 4) is 0 Å². The Hall–Kier alpha value is -2.14. The number of rotatable bonds is 3. The Morgan fingerprint density at radius 3 is 2.58 bits per heavy atom. The van der Waals surface area contributed by atoms with Gasteiger partial charge in [0.05, 0.1) is 5.02 Å².